The first-order valence-corrected chi connectivity index (χ1v) is 8.91. The molecule has 25 heavy (non-hydrogen) atoms. The minimum absolute atomic E-state index is 0.0190. The van der Waals surface area contributed by atoms with Crippen molar-refractivity contribution in [2.45, 2.75) is 26.7 Å². The predicted octanol–water partition coefficient (Wildman–Crippen LogP) is 4.31. The molecule has 3 rings (SSSR count). The fraction of sp³-hybridized carbons (Fsp3) is 0.316. The highest BCUT2D eigenvalue weighted by atomic mass is 35.5. The third-order valence-electron chi connectivity index (χ3n) is 4.03. The summed E-state index contributed by atoms with van der Waals surface area (Å²) in [6, 6.07) is 9.43. The van der Waals surface area contributed by atoms with Gasteiger partial charge in [0, 0.05) is 29.9 Å². The number of amides is 1. The van der Waals surface area contributed by atoms with Gasteiger partial charge in [0.2, 0.25) is 0 Å². The second kappa shape index (κ2) is 7.66. The molecule has 6 heteroatoms. The smallest absolute Gasteiger partial charge is 0.259 e. The third-order valence-corrected chi connectivity index (χ3v) is 4.26. The van der Waals surface area contributed by atoms with Gasteiger partial charge in [-0.3, -0.25) is 4.79 Å². The second-order valence-electron chi connectivity index (χ2n) is 5.93. The molecule has 0 aliphatic heterocycles. The normalized spacial score (nSPS) is 11.0. The molecule has 5 nitrogen and oxygen atoms in total. The molecule has 0 aliphatic carbocycles. The number of carbonyl (C=O) groups excluding carboxylic acids is 1. The second-order valence-corrected chi connectivity index (χ2v) is 6.36. The van der Waals surface area contributed by atoms with Crippen molar-refractivity contribution in [2.24, 2.45) is 0 Å². The van der Waals surface area contributed by atoms with E-state index in [9.17, 15) is 4.79 Å². The number of rotatable bonds is 6. The maximum atomic E-state index is 12.9. The van der Waals surface area contributed by atoms with Crippen molar-refractivity contribution in [1.82, 2.24) is 19.5 Å². The summed E-state index contributed by atoms with van der Waals surface area (Å²) in [5.74, 6) is -0.0190. The van der Waals surface area contributed by atoms with Crippen LogP contribution in [0.2, 0.25) is 5.02 Å². The number of benzene rings is 1. The molecule has 130 valence electrons. The number of hydrogen-bond donors (Lipinski definition) is 0. The lowest BCUT2D eigenvalue weighted by molar-refractivity contribution is 0.0757. The average Bonchev–Trinajstić information content (AvgIpc) is 3.05. The minimum atomic E-state index is -0.0190. The molecule has 0 unspecified atom stereocenters. The van der Waals surface area contributed by atoms with Gasteiger partial charge in [-0.2, -0.15) is 5.10 Å². The van der Waals surface area contributed by atoms with Gasteiger partial charge in [-0.15, -0.1) is 0 Å². The van der Waals surface area contributed by atoms with Crippen molar-refractivity contribution >= 4 is 23.2 Å². The standard InChI is InChI=1S/C19H21ClN4O/c1-3-10-23(11-4-2)19(25)16-13-22-24-17(8-9-21-18(16)24)14-6-5-7-15(20)12-14/h5-9,12-13H,3-4,10-11H2,1-2H3. The van der Waals surface area contributed by atoms with Gasteiger partial charge in [0.1, 0.15) is 5.56 Å². The van der Waals surface area contributed by atoms with E-state index in [-0.39, 0.29) is 5.91 Å². The molecule has 0 saturated heterocycles. The molecule has 0 aliphatic rings. The van der Waals surface area contributed by atoms with Crippen LogP contribution >= 0.6 is 11.6 Å². The summed E-state index contributed by atoms with van der Waals surface area (Å²) in [5.41, 5.74) is 2.88. The molecule has 0 saturated carbocycles. The Bertz CT molecular complexity index is 884. The zero-order valence-corrected chi connectivity index (χ0v) is 15.2. The summed E-state index contributed by atoms with van der Waals surface area (Å²) in [6.07, 6.45) is 5.16. The van der Waals surface area contributed by atoms with Crippen LogP contribution < -0.4 is 0 Å². The molecule has 0 atom stereocenters. The highest BCUT2D eigenvalue weighted by molar-refractivity contribution is 6.30. The van der Waals surface area contributed by atoms with Gasteiger partial charge in [-0.05, 0) is 31.0 Å². The predicted molar refractivity (Wildman–Crippen MR) is 99.9 cm³/mol. The minimum Gasteiger partial charge on any atom is -0.339 e. The number of halogens is 1. The zero-order chi connectivity index (χ0) is 17.8. The van der Waals surface area contributed by atoms with Crippen molar-refractivity contribution in [3.8, 4) is 11.3 Å². The first kappa shape index (κ1) is 17.4. The topological polar surface area (TPSA) is 50.5 Å². The van der Waals surface area contributed by atoms with Gasteiger partial charge >= 0.3 is 0 Å². The van der Waals surface area contributed by atoms with Crippen LogP contribution in [0.25, 0.3) is 16.9 Å². The molecule has 2 aromatic heterocycles. The summed E-state index contributed by atoms with van der Waals surface area (Å²) in [6.45, 7) is 5.61. The highest BCUT2D eigenvalue weighted by Crippen LogP contribution is 2.24. The van der Waals surface area contributed by atoms with Crippen LogP contribution in [0.15, 0.2) is 42.7 Å². The SMILES string of the molecule is CCCN(CCC)C(=O)c1cnn2c(-c3cccc(Cl)c3)ccnc12. The summed E-state index contributed by atoms with van der Waals surface area (Å²) < 4.78 is 1.70. The lowest BCUT2D eigenvalue weighted by Crippen LogP contribution is -2.32. The largest absolute Gasteiger partial charge is 0.339 e. The Labute approximate surface area is 152 Å². The van der Waals surface area contributed by atoms with E-state index in [1.54, 1.807) is 16.9 Å². The van der Waals surface area contributed by atoms with Crippen LogP contribution in [0.5, 0.6) is 0 Å². The van der Waals surface area contributed by atoms with Crippen LogP contribution in [-0.4, -0.2) is 38.5 Å². The first-order valence-electron chi connectivity index (χ1n) is 8.53. The Kier molecular flexibility index (Phi) is 5.34. The van der Waals surface area contributed by atoms with E-state index >= 15 is 0 Å². The van der Waals surface area contributed by atoms with E-state index in [1.165, 1.54) is 0 Å². The van der Waals surface area contributed by atoms with Gasteiger partial charge in [-0.1, -0.05) is 37.6 Å². The Morgan fingerprint density at radius 2 is 1.96 bits per heavy atom. The number of hydrogen-bond acceptors (Lipinski definition) is 3. The fourth-order valence-electron chi connectivity index (χ4n) is 2.93. The van der Waals surface area contributed by atoms with Crippen molar-refractivity contribution in [3.63, 3.8) is 0 Å². The van der Waals surface area contributed by atoms with Gasteiger partial charge in [-0.25, -0.2) is 9.50 Å². The molecule has 2 heterocycles. The highest BCUT2D eigenvalue weighted by Gasteiger charge is 2.20. The lowest BCUT2D eigenvalue weighted by Gasteiger charge is -2.20. The number of aromatic nitrogens is 3. The first-order chi connectivity index (χ1) is 12.2. The molecule has 0 radical (unpaired) electrons. The maximum Gasteiger partial charge on any atom is 0.259 e. The molecule has 0 fully saturated rings. The van der Waals surface area contributed by atoms with E-state index < -0.39 is 0 Å². The third kappa shape index (κ3) is 3.51. The monoisotopic (exact) mass is 356 g/mol. The molecule has 1 aromatic carbocycles. The molecule has 0 N–H and O–H groups in total. The van der Waals surface area contributed by atoms with Crippen LogP contribution in [0.3, 0.4) is 0 Å². The summed E-state index contributed by atoms with van der Waals surface area (Å²) >= 11 is 6.11. The van der Waals surface area contributed by atoms with Crippen LogP contribution in [0, 0.1) is 0 Å². The molecule has 0 spiro atoms. The van der Waals surface area contributed by atoms with E-state index in [0.29, 0.717) is 16.2 Å². The van der Waals surface area contributed by atoms with E-state index in [4.69, 9.17) is 11.6 Å². The summed E-state index contributed by atoms with van der Waals surface area (Å²) in [7, 11) is 0. The number of carbonyl (C=O) groups is 1. The van der Waals surface area contributed by atoms with Crippen molar-refractivity contribution < 1.29 is 4.79 Å². The summed E-state index contributed by atoms with van der Waals surface area (Å²) in [4.78, 5) is 19.2. The van der Waals surface area contributed by atoms with Gasteiger partial charge < -0.3 is 4.90 Å². The van der Waals surface area contributed by atoms with Crippen LogP contribution in [0.1, 0.15) is 37.0 Å². The average molecular weight is 357 g/mol. The van der Waals surface area contributed by atoms with E-state index in [0.717, 1.165) is 37.2 Å². The van der Waals surface area contributed by atoms with Gasteiger partial charge in [0.15, 0.2) is 5.65 Å². The summed E-state index contributed by atoms with van der Waals surface area (Å²) in [5, 5.41) is 5.07. The lowest BCUT2D eigenvalue weighted by atomic mass is 10.1. The Morgan fingerprint density at radius 3 is 2.64 bits per heavy atom. The zero-order valence-electron chi connectivity index (χ0n) is 14.4. The van der Waals surface area contributed by atoms with Crippen molar-refractivity contribution in [2.75, 3.05) is 13.1 Å². The van der Waals surface area contributed by atoms with E-state index in [1.807, 2.05) is 35.2 Å². The molecule has 3 aromatic rings. The molecule has 0 bridgehead atoms. The Balaban J connectivity index is 2.05. The van der Waals surface area contributed by atoms with Crippen molar-refractivity contribution in [3.05, 3.63) is 53.3 Å². The quantitative estimate of drug-likeness (QED) is 0.661. The maximum absolute atomic E-state index is 12.9. The molecular formula is C19H21ClN4O. The molecule has 1 amide bonds. The fourth-order valence-corrected chi connectivity index (χ4v) is 3.12. The van der Waals surface area contributed by atoms with E-state index in [2.05, 4.69) is 23.9 Å². The number of nitrogens with zero attached hydrogens (tertiary/aromatic N) is 4. The van der Waals surface area contributed by atoms with Crippen molar-refractivity contribution in [1.29, 1.82) is 0 Å². The Hall–Kier alpha value is -2.40. The van der Waals surface area contributed by atoms with Crippen LogP contribution in [0.4, 0.5) is 0 Å². The van der Waals surface area contributed by atoms with Crippen LogP contribution in [-0.2, 0) is 0 Å². The molecular weight excluding hydrogens is 336 g/mol. The van der Waals surface area contributed by atoms with Gasteiger partial charge in [0.05, 0.1) is 11.9 Å². The van der Waals surface area contributed by atoms with Gasteiger partial charge in [0.25, 0.3) is 5.91 Å². The Morgan fingerprint density at radius 1 is 1.20 bits per heavy atom. The number of fused-ring (bicyclic) bond motifs is 1.